The molecule has 5 nitrogen and oxygen atoms in total. The summed E-state index contributed by atoms with van der Waals surface area (Å²) < 4.78 is 16.9. The average molecular weight is 319 g/mol. The van der Waals surface area contributed by atoms with Crippen molar-refractivity contribution in [3.8, 4) is 5.75 Å². The van der Waals surface area contributed by atoms with E-state index in [4.69, 9.17) is 14.2 Å². The molecule has 126 valence electrons. The Labute approximate surface area is 137 Å². The maximum absolute atomic E-state index is 12.7. The van der Waals surface area contributed by atoms with Crippen molar-refractivity contribution >= 4 is 5.91 Å². The molecule has 0 saturated carbocycles. The zero-order chi connectivity index (χ0) is 16.4. The van der Waals surface area contributed by atoms with Gasteiger partial charge in [-0.3, -0.25) is 4.79 Å². The molecule has 23 heavy (non-hydrogen) atoms. The normalized spacial score (nSPS) is 20.0. The number of benzene rings is 1. The van der Waals surface area contributed by atoms with Crippen molar-refractivity contribution in [1.29, 1.82) is 0 Å². The summed E-state index contributed by atoms with van der Waals surface area (Å²) in [5, 5.41) is 0. The summed E-state index contributed by atoms with van der Waals surface area (Å²) in [5.41, 5.74) is 3.18. The number of carbonyl (C=O) groups excluding carboxylic acids is 1. The number of rotatable bonds is 3. The Balaban J connectivity index is 1.66. The molecule has 2 heterocycles. The van der Waals surface area contributed by atoms with Crippen LogP contribution in [0.25, 0.3) is 0 Å². The summed E-state index contributed by atoms with van der Waals surface area (Å²) in [7, 11) is 1.66. The molecule has 2 aliphatic heterocycles. The van der Waals surface area contributed by atoms with Gasteiger partial charge in [0.05, 0.1) is 26.7 Å². The van der Waals surface area contributed by atoms with Crippen molar-refractivity contribution in [3.63, 3.8) is 0 Å². The summed E-state index contributed by atoms with van der Waals surface area (Å²) >= 11 is 0. The third-order valence-corrected chi connectivity index (χ3v) is 4.73. The fourth-order valence-corrected chi connectivity index (χ4v) is 3.62. The first-order valence-electron chi connectivity index (χ1n) is 8.23. The number of amides is 1. The largest absolute Gasteiger partial charge is 0.496 e. The highest BCUT2D eigenvalue weighted by molar-refractivity contribution is 5.80. The third-order valence-electron chi connectivity index (χ3n) is 4.73. The first-order chi connectivity index (χ1) is 11.0. The predicted molar refractivity (Wildman–Crippen MR) is 86.6 cm³/mol. The minimum absolute atomic E-state index is 0.140. The Morgan fingerprint density at radius 3 is 2.48 bits per heavy atom. The number of aryl methyl sites for hydroxylation is 2. The van der Waals surface area contributed by atoms with Gasteiger partial charge in [-0.05, 0) is 19.4 Å². The SMILES string of the molecule is COc1c(C)cc(C)cc1CC(=O)N1CCC2(CC1)OCCO2. The van der Waals surface area contributed by atoms with Crippen LogP contribution in [0.1, 0.15) is 29.5 Å². The quantitative estimate of drug-likeness (QED) is 0.857. The van der Waals surface area contributed by atoms with Gasteiger partial charge in [-0.15, -0.1) is 0 Å². The van der Waals surface area contributed by atoms with Gasteiger partial charge in [0.25, 0.3) is 0 Å². The molecule has 1 aromatic rings. The summed E-state index contributed by atoms with van der Waals surface area (Å²) in [4.78, 5) is 14.6. The second-order valence-corrected chi connectivity index (χ2v) is 6.44. The van der Waals surface area contributed by atoms with Crippen LogP contribution in [0.15, 0.2) is 12.1 Å². The van der Waals surface area contributed by atoms with E-state index >= 15 is 0 Å². The summed E-state index contributed by atoms with van der Waals surface area (Å²) in [6.07, 6.45) is 1.88. The lowest BCUT2D eigenvalue weighted by molar-refractivity contribution is -0.187. The average Bonchev–Trinajstić information content (AvgIpc) is 2.95. The van der Waals surface area contributed by atoms with Gasteiger partial charge in [-0.1, -0.05) is 17.7 Å². The zero-order valence-corrected chi connectivity index (χ0v) is 14.2. The number of ether oxygens (including phenoxy) is 3. The Kier molecular flexibility index (Phi) is 4.60. The Hall–Kier alpha value is -1.59. The van der Waals surface area contributed by atoms with E-state index in [9.17, 15) is 4.79 Å². The van der Waals surface area contributed by atoms with E-state index in [-0.39, 0.29) is 5.91 Å². The van der Waals surface area contributed by atoms with E-state index in [0.29, 0.717) is 32.7 Å². The van der Waals surface area contributed by atoms with Crippen LogP contribution in [-0.2, 0) is 20.7 Å². The first-order valence-corrected chi connectivity index (χ1v) is 8.23. The smallest absolute Gasteiger partial charge is 0.227 e. The maximum atomic E-state index is 12.7. The van der Waals surface area contributed by atoms with Crippen molar-refractivity contribution in [1.82, 2.24) is 4.90 Å². The Morgan fingerprint density at radius 2 is 1.87 bits per heavy atom. The third kappa shape index (κ3) is 3.35. The molecule has 0 aromatic heterocycles. The minimum Gasteiger partial charge on any atom is -0.496 e. The summed E-state index contributed by atoms with van der Waals surface area (Å²) in [6.45, 7) is 6.75. The molecule has 2 fully saturated rings. The van der Waals surface area contributed by atoms with Crippen LogP contribution in [0.2, 0.25) is 0 Å². The highest BCUT2D eigenvalue weighted by Crippen LogP contribution is 2.32. The maximum Gasteiger partial charge on any atom is 0.227 e. The molecule has 2 aliphatic rings. The van der Waals surface area contributed by atoms with E-state index < -0.39 is 5.79 Å². The lowest BCUT2D eigenvalue weighted by atomic mass is 10.0. The van der Waals surface area contributed by atoms with Crippen LogP contribution in [0.4, 0.5) is 0 Å². The van der Waals surface area contributed by atoms with E-state index in [0.717, 1.165) is 35.3 Å². The molecule has 0 unspecified atom stereocenters. The number of hydrogen-bond acceptors (Lipinski definition) is 4. The molecule has 1 amide bonds. The minimum atomic E-state index is -0.436. The van der Waals surface area contributed by atoms with E-state index in [1.807, 2.05) is 24.8 Å². The second kappa shape index (κ2) is 6.49. The van der Waals surface area contributed by atoms with Gasteiger partial charge in [0, 0.05) is 31.5 Å². The van der Waals surface area contributed by atoms with Crippen LogP contribution in [0, 0.1) is 13.8 Å². The zero-order valence-electron chi connectivity index (χ0n) is 14.2. The fourth-order valence-electron chi connectivity index (χ4n) is 3.62. The molecule has 1 spiro atoms. The molecule has 0 bridgehead atoms. The van der Waals surface area contributed by atoms with E-state index in [1.54, 1.807) is 7.11 Å². The van der Waals surface area contributed by atoms with Gasteiger partial charge in [0.1, 0.15) is 5.75 Å². The summed E-state index contributed by atoms with van der Waals surface area (Å²) in [5.74, 6) is 0.523. The molecule has 1 aromatic carbocycles. The standard InChI is InChI=1S/C18H25NO4/c1-13-10-14(2)17(21-3)15(11-13)12-16(20)19-6-4-18(5-7-19)22-8-9-23-18/h10-11H,4-9,12H2,1-3H3. The second-order valence-electron chi connectivity index (χ2n) is 6.44. The number of piperidine rings is 1. The fraction of sp³-hybridized carbons (Fsp3) is 0.611. The lowest BCUT2D eigenvalue weighted by Gasteiger charge is -2.37. The molecular formula is C18H25NO4. The van der Waals surface area contributed by atoms with Crippen molar-refractivity contribution < 1.29 is 19.0 Å². The molecule has 2 saturated heterocycles. The topological polar surface area (TPSA) is 48.0 Å². The summed E-state index contributed by atoms with van der Waals surface area (Å²) in [6, 6.07) is 4.12. The highest BCUT2D eigenvalue weighted by atomic mass is 16.7. The highest BCUT2D eigenvalue weighted by Gasteiger charge is 2.40. The monoisotopic (exact) mass is 319 g/mol. The van der Waals surface area contributed by atoms with Crippen molar-refractivity contribution in [2.75, 3.05) is 33.4 Å². The van der Waals surface area contributed by atoms with Crippen LogP contribution < -0.4 is 4.74 Å². The van der Waals surface area contributed by atoms with Crippen LogP contribution >= 0.6 is 0 Å². The molecule has 5 heteroatoms. The number of likely N-dealkylation sites (tertiary alicyclic amines) is 1. The molecular weight excluding hydrogens is 294 g/mol. The van der Waals surface area contributed by atoms with Crippen LogP contribution in [-0.4, -0.2) is 50.0 Å². The van der Waals surface area contributed by atoms with E-state index in [1.165, 1.54) is 0 Å². The van der Waals surface area contributed by atoms with Gasteiger partial charge in [0.15, 0.2) is 5.79 Å². The van der Waals surface area contributed by atoms with E-state index in [2.05, 4.69) is 6.07 Å². The molecule has 0 aliphatic carbocycles. The van der Waals surface area contributed by atoms with Crippen LogP contribution in [0.3, 0.4) is 0 Å². The van der Waals surface area contributed by atoms with Gasteiger partial charge in [0.2, 0.25) is 5.91 Å². The first kappa shape index (κ1) is 16.3. The van der Waals surface area contributed by atoms with Gasteiger partial charge in [-0.25, -0.2) is 0 Å². The number of methoxy groups -OCH3 is 1. The van der Waals surface area contributed by atoms with Gasteiger partial charge >= 0.3 is 0 Å². The Morgan fingerprint density at radius 1 is 1.22 bits per heavy atom. The van der Waals surface area contributed by atoms with Crippen molar-refractivity contribution in [2.24, 2.45) is 0 Å². The van der Waals surface area contributed by atoms with Gasteiger partial charge in [-0.2, -0.15) is 0 Å². The van der Waals surface area contributed by atoms with Crippen molar-refractivity contribution in [2.45, 2.75) is 38.9 Å². The predicted octanol–water partition coefficient (Wildman–Crippen LogP) is 2.22. The lowest BCUT2D eigenvalue weighted by Crippen LogP contribution is -2.47. The van der Waals surface area contributed by atoms with Crippen LogP contribution in [0.5, 0.6) is 5.75 Å². The molecule has 0 atom stereocenters. The molecule has 0 N–H and O–H groups in total. The number of nitrogens with zero attached hydrogens (tertiary/aromatic N) is 1. The van der Waals surface area contributed by atoms with Gasteiger partial charge < -0.3 is 19.1 Å². The number of hydrogen-bond donors (Lipinski definition) is 0. The molecule has 0 radical (unpaired) electrons. The molecule has 3 rings (SSSR count). The van der Waals surface area contributed by atoms with Crippen molar-refractivity contribution in [3.05, 3.63) is 28.8 Å². The number of carbonyl (C=O) groups is 1. The Bertz CT molecular complexity index is 583.